The number of benzene rings is 1. The average molecular weight is 483 g/mol. The maximum atomic E-state index is 4.74. The number of guanidine groups is 1. The van der Waals surface area contributed by atoms with Crippen LogP contribution in [0.25, 0.3) is 0 Å². The molecule has 0 aliphatic heterocycles. The van der Waals surface area contributed by atoms with Crippen molar-refractivity contribution in [1.82, 2.24) is 20.2 Å². The molecule has 0 saturated carbocycles. The smallest absolute Gasteiger partial charge is 0.191 e. The van der Waals surface area contributed by atoms with Crippen LogP contribution in [-0.2, 0) is 13.1 Å². The van der Waals surface area contributed by atoms with E-state index in [-0.39, 0.29) is 24.0 Å². The standard InChI is InChI=1S/C21H33N5.HI/c1-4-6-8-11-18(3)25-21(22-5-2)24-16-20-23-14-15-26(20)17-19-12-9-7-10-13-19;/h7,9-10,12-15,18H,4-6,8,11,16-17H2,1-3H3,(H2,22,24,25);1H. The molecule has 0 aliphatic rings. The SMILES string of the molecule is CCCCCC(C)NC(=NCc1nccn1Cc1ccccc1)NCC.I. The number of nitrogens with zero attached hydrogens (tertiary/aromatic N) is 3. The minimum Gasteiger partial charge on any atom is -0.357 e. The summed E-state index contributed by atoms with van der Waals surface area (Å²) < 4.78 is 2.16. The monoisotopic (exact) mass is 483 g/mol. The van der Waals surface area contributed by atoms with Crippen molar-refractivity contribution in [2.24, 2.45) is 4.99 Å². The fourth-order valence-electron chi connectivity index (χ4n) is 2.89. The highest BCUT2D eigenvalue weighted by atomic mass is 127. The van der Waals surface area contributed by atoms with E-state index in [0.29, 0.717) is 12.6 Å². The Kier molecular flexibility index (Phi) is 11.8. The van der Waals surface area contributed by atoms with E-state index in [0.717, 1.165) is 24.9 Å². The van der Waals surface area contributed by atoms with Gasteiger partial charge in [0.2, 0.25) is 0 Å². The molecule has 0 bridgehead atoms. The summed E-state index contributed by atoms with van der Waals surface area (Å²) in [7, 11) is 0. The molecule has 27 heavy (non-hydrogen) atoms. The van der Waals surface area contributed by atoms with E-state index in [1.807, 2.05) is 18.5 Å². The lowest BCUT2D eigenvalue weighted by Gasteiger charge is -2.17. The number of imidazole rings is 1. The molecule has 2 aromatic rings. The number of rotatable bonds is 10. The van der Waals surface area contributed by atoms with E-state index in [1.165, 1.54) is 31.2 Å². The van der Waals surface area contributed by atoms with E-state index in [4.69, 9.17) is 4.99 Å². The minimum absolute atomic E-state index is 0. The molecular weight excluding hydrogens is 449 g/mol. The van der Waals surface area contributed by atoms with E-state index in [1.54, 1.807) is 0 Å². The first-order valence-corrected chi connectivity index (χ1v) is 9.81. The second-order valence-corrected chi connectivity index (χ2v) is 6.69. The summed E-state index contributed by atoms with van der Waals surface area (Å²) in [5.41, 5.74) is 1.27. The lowest BCUT2D eigenvalue weighted by atomic mass is 10.1. The van der Waals surface area contributed by atoms with Gasteiger partial charge >= 0.3 is 0 Å². The fraction of sp³-hybridized carbons (Fsp3) is 0.524. The Morgan fingerprint density at radius 2 is 1.96 bits per heavy atom. The number of nitrogens with one attached hydrogen (secondary N) is 2. The Bertz CT molecular complexity index is 654. The molecule has 0 spiro atoms. The summed E-state index contributed by atoms with van der Waals surface area (Å²) in [5.74, 6) is 1.84. The highest BCUT2D eigenvalue weighted by Gasteiger charge is 2.07. The van der Waals surface area contributed by atoms with E-state index in [2.05, 4.69) is 65.2 Å². The van der Waals surface area contributed by atoms with Gasteiger partial charge in [-0.15, -0.1) is 24.0 Å². The van der Waals surface area contributed by atoms with Crippen LogP contribution in [0.15, 0.2) is 47.7 Å². The summed E-state index contributed by atoms with van der Waals surface area (Å²) in [6.45, 7) is 8.79. The van der Waals surface area contributed by atoms with Crippen LogP contribution >= 0.6 is 24.0 Å². The number of aromatic nitrogens is 2. The molecular formula is C21H34IN5. The zero-order valence-electron chi connectivity index (χ0n) is 16.8. The molecule has 1 unspecified atom stereocenters. The second kappa shape index (κ2) is 13.6. The Balaban J connectivity index is 0.00000364. The van der Waals surface area contributed by atoms with Crippen molar-refractivity contribution in [3.8, 4) is 0 Å². The van der Waals surface area contributed by atoms with Crippen LogP contribution < -0.4 is 10.6 Å². The molecule has 1 atom stereocenters. The van der Waals surface area contributed by atoms with Crippen LogP contribution in [-0.4, -0.2) is 28.1 Å². The van der Waals surface area contributed by atoms with Crippen molar-refractivity contribution in [1.29, 1.82) is 0 Å². The van der Waals surface area contributed by atoms with Gasteiger partial charge in [-0.25, -0.2) is 9.98 Å². The topological polar surface area (TPSA) is 54.2 Å². The third-order valence-electron chi connectivity index (χ3n) is 4.34. The summed E-state index contributed by atoms with van der Waals surface area (Å²) >= 11 is 0. The number of hydrogen-bond donors (Lipinski definition) is 2. The van der Waals surface area contributed by atoms with Gasteiger partial charge in [-0.1, -0.05) is 56.5 Å². The van der Waals surface area contributed by atoms with E-state index >= 15 is 0 Å². The minimum atomic E-state index is 0. The molecule has 5 nitrogen and oxygen atoms in total. The molecule has 2 rings (SSSR count). The Labute approximate surface area is 181 Å². The van der Waals surface area contributed by atoms with Gasteiger partial charge in [0.15, 0.2) is 5.96 Å². The van der Waals surface area contributed by atoms with Crippen molar-refractivity contribution in [2.75, 3.05) is 6.54 Å². The van der Waals surface area contributed by atoms with Crippen LogP contribution in [0.3, 0.4) is 0 Å². The first-order chi connectivity index (χ1) is 12.7. The van der Waals surface area contributed by atoms with E-state index < -0.39 is 0 Å². The van der Waals surface area contributed by atoms with Crippen molar-refractivity contribution in [3.05, 3.63) is 54.1 Å². The average Bonchev–Trinajstić information content (AvgIpc) is 3.08. The molecule has 2 N–H and O–H groups in total. The van der Waals surface area contributed by atoms with Gasteiger partial charge < -0.3 is 15.2 Å². The predicted octanol–water partition coefficient (Wildman–Crippen LogP) is 4.57. The molecule has 0 aliphatic carbocycles. The van der Waals surface area contributed by atoms with E-state index in [9.17, 15) is 0 Å². The van der Waals surface area contributed by atoms with Gasteiger partial charge in [0.1, 0.15) is 12.4 Å². The van der Waals surface area contributed by atoms with Gasteiger partial charge in [0.25, 0.3) is 0 Å². The van der Waals surface area contributed by atoms with Gasteiger partial charge in [-0.3, -0.25) is 0 Å². The third kappa shape index (κ3) is 8.77. The number of hydrogen-bond acceptors (Lipinski definition) is 2. The van der Waals surface area contributed by atoms with Crippen LogP contribution in [0.4, 0.5) is 0 Å². The summed E-state index contributed by atoms with van der Waals surface area (Å²) in [6.07, 6.45) is 8.83. The number of aliphatic imine (C=N–C) groups is 1. The Hall–Kier alpha value is -1.57. The first kappa shape index (κ1) is 23.5. The molecule has 0 saturated heterocycles. The zero-order valence-corrected chi connectivity index (χ0v) is 19.1. The lowest BCUT2D eigenvalue weighted by molar-refractivity contribution is 0.546. The zero-order chi connectivity index (χ0) is 18.6. The molecule has 1 aromatic carbocycles. The van der Waals surface area contributed by atoms with Gasteiger partial charge in [-0.2, -0.15) is 0 Å². The van der Waals surface area contributed by atoms with Crippen molar-refractivity contribution < 1.29 is 0 Å². The van der Waals surface area contributed by atoms with Gasteiger partial charge in [-0.05, 0) is 25.8 Å². The largest absolute Gasteiger partial charge is 0.357 e. The lowest BCUT2D eigenvalue weighted by Crippen LogP contribution is -2.42. The second-order valence-electron chi connectivity index (χ2n) is 6.69. The maximum Gasteiger partial charge on any atom is 0.191 e. The Morgan fingerprint density at radius 1 is 1.19 bits per heavy atom. The summed E-state index contributed by atoms with van der Waals surface area (Å²) in [4.78, 5) is 9.22. The van der Waals surface area contributed by atoms with Crippen LogP contribution in [0.1, 0.15) is 57.8 Å². The molecule has 1 heterocycles. The normalized spacial score (nSPS) is 12.3. The van der Waals surface area contributed by atoms with Crippen molar-refractivity contribution in [2.45, 2.75) is 65.6 Å². The predicted molar refractivity (Wildman–Crippen MR) is 125 cm³/mol. The van der Waals surface area contributed by atoms with Crippen LogP contribution in [0.5, 0.6) is 0 Å². The molecule has 6 heteroatoms. The number of unbranched alkanes of at least 4 members (excludes halogenated alkanes) is 2. The Morgan fingerprint density at radius 3 is 2.67 bits per heavy atom. The molecule has 1 aromatic heterocycles. The van der Waals surface area contributed by atoms with Gasteiger partial charge in [0, 0.05) is 31.5 Å². The maximum absolute atomic E-state index is 4.74. The quantitative estimate of drug-likeness (QED) is 0.225. The molecule has 0 fully saturated rings. The fourth-order valence-corrected chi connectivity index (χ4v) is 2.89. The highest BCUT2D eigenvalue weighted by molar-refractivity contribution is 14.0. The molecule has 0 amide bonds. The molecule has 0 radical (unpaired) electrons. The van der Waals surface area contributed by atoms with Crippen LogP contribution in [0.2, 0.25) is 0 Å². The summed E-state index contributed by atoms with van der Waals surface area (Å²) in [6, 6.07) is 10.9. The van der Waals surface area contributed by atoms with Crippen molar-refractivity contribution >= 4 is 29.9 Å². The van der Waals surface area contributed by atoms with Crippen LogP contribution in [0, 0.1) is 0 Å². The third-order valence-corrected chi connectivity index (χ3v) is 4.34. The first-order valence-electron chi connectivity index (χ1n) is 9.81. The van der Waals surface area contributed by atoms with Gasteiger partial charge in [0.05, 0.1) is 0 Å². The molecule has 150 valence electrons. The number of halogens is 1. The highest BCUT2D eigenvalue weighted by Crippen LogP contribution is 2.07. The van der Waals surface area contributed by atoms with Crippen molar-refractivity contribution in [3.63, 3.8) is 0 Å². The summed E-state index contributed by atoms with van der Waals surface area (Å²) in [5, 5.41) is 6.85.